The van der Waals surface area contributed by atoms with E-state index in [1.54, 1.807) is 7.11 Å². The van der Waals surface area contributed by atoms with Crippen molar-refractivity contribution in [2.75, 3.05) is 7.11 Å². The van der Waals surface area contributed by atoms with E-state index in [1.807, 2.05) is 6.92 Å². The number of hydrogen-bond acceptors (Lipinski definition) is 6. The molecule has 8 atom stereocenters. The molecule has 1 spiro atoms. The van der Waals surface area contributed by atoms with Crippen molar-refractivity contribution in [2.24, 2.45) is 39.4 Å². The zero-order chi connectivity index (χ0) is 28.8. The number of carbonyl (C=O) groups is 3. The largest absolute Gasteiger partial charge is 0.462 e. The Hall–Kier alpha value is -1.69. The maximum absolute atomic E-state index is 14.0. The van der Waals surface area contributed by atoms with Crippen LogP contribution in [0, 0.1) is 39.4 Å². The molecule has 1 heterocycles. The number of cyclic esters (lactones) is 1. The van der Waals surface area contributed by atoms with Crippen LogP contribution in [0.25, 0.3) is 0 Å². The van der Waals surface area contributed by atoms with Crippen LogP contribution in [-0.2, 0) is 28.6 Å². The molecule has 3 saturated carbocycles. The van der Waals surface area contributed by atoms with Gasteiger partial charge in [0.2, 0.25) is 0 Å². The van der Waals surface area contributed by atoms with E-state index in [9.17, 15) is 14.4 Å². The maximum atomic E-state index is 14.0. The molecule has 6 heteroatoms. The van der Waals surface area contributed by atoms with Crippen molar-refractivity contribution in [3.63, 3.8) is 0 Å². The van der Waals surface area contributed by atoms with Gasteiger partial charge in [-0.05, 0) is 94.8 Å². The molecule has 0 N–H and O–H groups in total. The number of fused-ring (bicyclic) bond motifs is 4. The predicted molar refractivity (Wildman–Crippen MR) is 149 cm³/mol. The second-order valence-electron chi connectivity index (χ2n) is 15.4. The summed E-state index contributed by atoms with van der Waals surface area (Å²) in [4.78, 5) is 39.8. The Morgan fingerprint density at radius 1 is 1.10 bits per heavy atom. The van der Waals surface area contributed by atoms with Crippen LogP contribution in [0.2, 0.25) is 0 Å². The third-order valence-corrected chi connectivity index (χ3v) is 12.6. The van der Waals surface area contributed by atoms with Gasteiger partial charge in [-0.25, -0.2) is 0 Å². The average molecular weight is 543 g/mol. The summed E-state index contributed by atoms with van der Waals surface area (Å²) < 4.78 is 17.7. The summed E-state index contributed by atoms with van der Waals surface area (Å²) in [5.74, 6) is 0.00727. The number of hydrogen-bond donors (Lipinski definition) is 0. The van der Waals surface area contributed by atoms with Crippen LogP contribution in [-0.4, -0.2) is 42.1 Å². The molecule has 5 aliphatic rings. The van der Waals surface area contributed by atoms with Crippen molar-refractivity contribution in [2.45, 2.75) is 130 Å². The highest BCUT2D eigenvalue weighted by atomic mass is 16.6. The number of methoxy groups -OCH3 is 1. The molecule has 5 rings (SSSR count). The van der Waals surface area contributed by atoms with Gasteiger partial charge >= 0.3 is 11.9 Å². The van der Waals surface area contributed by atoms with E-state index in [2.05, 4.69) is 47.6 Å². The van der Waals surface area contributed by atoms with Crippen LogP contribution in [0.4, 0.5) is 0 Å². The number of Topliss-reactive ketones (excluding diaryl/α,β-unsaturated/α-hetero) is 1. The zero-order valence-corrected chi connectivity index (χ0v) is 25.7. The average Bonchev–Trinajstić information content (AvgIpc) is 3.21. The molecule has 0 aromatic heterocycles. The summed E-state index contributed by atoms with van der Waals surface area (Å²) >= 11 is 0. The minimum atomic E-state index is -0.780. The van der Waals surface area contributed by atoms with E-state index >= 15 is 0 Å². The Bertz CT molecular complexity index is 1100. The monoisotopic (exact) mass is 542 g/mol. The molecule has 39 heavy (non-hydrogen) atoms. The van der Waals surface area contributed by atoms with Gasteiger partial charge in [-0.15, -0.1) is 0 Å². The highest BCUT2D eigenvalue weighted by Crippen LogP contribution is 2.75. The summed E-state index contributed by atoms with van der Waals surface area (Å²) in [6, 6.07) is 0. The van der Waals surface area contributed by atoms with Crippen molar-refractivity contribution in [1.29, 1.82) is 0 Å². The van der Waals surface area contributed by atoms with Crippen molar-refractivity contribution in [3.05, 3.63) is 11.6 Å². The van der Waals surface area contributed by atoms with Crippen molar-refractivity contribution < 1.29 is 28.6 Å². The Kier molecular flexibility index (Phi) is 6.58. The van der Waals surface area contributed by atoms with Gasteiger partial charge in [-0.2, -0.15) is 0 Å². The first-order valence-corrected chi connectivity index (χ1v) is 15.2. The molecule has 0 radical (unpaired) electrons. The Morgan fingerprint density at radius 3 is 2.44 bits per heavy atom. The fraction of sp³-hybridized carbons (Fsp3) is 0.848. The second-order valence-corrected chi connectivity index (χ2v) is 15.4. The van der Waals surface area contributed by atoms with Gasteiger partial charge in [0.05, 0.1) is 16.9 Å². The SMILES string of the molecule is COC(C)(C)CCC[C@]1(C)OC(=O)[C@]23CC=C4[C@@H](CC[C@H]5C(C)(C)[C@@H](OC(C)=O)CC[C@]45C)[C@]2(C)CC(=O)[C@@H]31. The lowest BCUT2D eigenvalue weighted by atomic mass is 9.41. The summed E-state index contributed by atoms with van der Waals surface area (Å²) in [6.45, 7) is 16.8. The molecular weight excluding hydrogens is 492 g/mol. The summed E-state index contributed by atoms with van der Waals surface area (Å²) in [6.07, 6.45) is 9.42. The summed E-state index contributed by atoms with van der Waals surface area (Å²) in [5.41, 5.74) is -0.975. The molecule has 4 fully saturated rings. The normalized spacial score (nSPS) is 44.5. The summed E-state index contributed by atoms with van der Waals surface area (Å²) in [7, 11) is 1.73. The molecule has 0 amide bonds. The van der Waals surface area contributed by atoms with Crippen LogP contribution >= 0.6 is 0 Å². The first-order valence-electron chi connectivity index (χ1n) is 15.2. The van der Waals surface area contributed by atoms with E-state index in [1.165, 1.54) is 12.5 Å². The molecule has 0 aromatic rings. The van der Waals surface area contributed by atoms with Crippen LogP contribution < -0.4 is 0 Å². The van der Waals surface area contributed by atoms with E-state index in [4.69, 9.17) is 14.2 Å². The van der Waals surface area contributed by atoms with Gasteiger partial charge in [0.1, 0.15) is 17.5 Å². The van der Waals surface area contributed by atoms with Crippen molar-refractivity contribution in [1.82, 2.24) is 0 Å². The van der Waals surface area contributed by atoms with E-state index < -0.39 is 22.3 Å². The summed E-state index contributed by atoms with van der Waals surface area (Å²) in [5, 5.41) is 0. The topological polar surface area (TPSA) is 78.9 Å². The smallest absolute Gasteiger partial charge is 0.314 e. The third-order valence-electron chi connectivity index (χ3n) is 12.6. The molecule has 1 saturated heterocycles. The minimum Gasteiger partial charge on any atom is -0.462 e. The number of carbonyl (C=O) groups excluding carboxylic acids is 3. The molecule has 6 nitrogen and oxygen atoms in total. The van der Waals surface area contributed by atoms with Gasteiger partial charge in [0.15, 0.2) is 0 Å². The van der Waals surface area contributed by atoms with Gasteiger partial charge in [-0.1, -0.05) is 39.3 Å². The van der Waals surface area contributed by atoms with Gasteiger partial charge in [0, 0.05) is 25.9 Å². The third kappa shape index (κ3) is 3.85. The first kappa shape index (κ1) is 28.8. The zero-order valence-electron chi connectivity index (χ0n) is 25.7. The highest BCUT2D eigenvalue weighted by Gasteiger charge is 2.78. The van der Waals surface area contributed by atoms with E-state index in [0.717, 1.165) is 38.5 Å². The number of ketones is 1. The molecule has 0 bridgehead atoms. The molecule has 218 valence electrons. The van der Waals surface area contributed by atoms with Gasteiger partial charge in [0.25, 0.3) is 0 Å². The van der Waals surface area contributed by atoms with Gasteiger partial charge < -0.3 is 14.2 Å². The number of esters is 2. The van der Waals surface area contributed by atoms with Crippen LogP contribution in [0.1, 0.15) is 113 Å². The minimum absolute atomic E-state index is 0.0353. The van der Waals surface area contributed by atoms with Crippen LogP contribution in [0.15, 0.2) is 11.6 Å². The van der Waals surface area contributed by atoms with Crippen molar-refractivity contribution in [3.8, 4) is 0 Å². The first-order chi connectivity index (χ1) is 18.0. The lowest BCUT2D eigenvalue weighted by Gasteiger charge is -2.63. The number of rotatable bonds is 6. The standard InChI is InChI=1S/C33H50O6/c1-20(34)38-25-14-17-30(6)21-13-18-33-26(32(8,39-27(33)36)16-10-15-28(2,3)37-9)23(35)19-31(33,7)22(21)11-12-24(30)29(25,4)5/h13,22,24-26H,10-12,14-19H2,1-9H3/t22-,24+,25+,26-,30-,31+,32+,33-/m1/s1. The number of ether oxygens (including phenoxy) is 3. The van der Waals surface area contributed by atoms with Crippen molar-refractivity contribution >= 4 is 17.7 Å². The van der Waals surface area contributed by atoms with E-state index in [0.29, 0.717) is 25.2 Å². The molecule has 0 unspecified atom stereocenters. The van der Waals surface area contributed by atoms with Gasteiger partial charge in [-0.3, -0.25) is 14.4 Å². The molecule has 1 aliphatic heterocycles. The lowest BCUT2D eigenvalue weighted by Crippen LogP contribution is -2.59. The Balaban J connectivity index is 1.48. The quantitative estimate of drug-likeness (QED) is 0.278. The van der Waals surface area contributed by atoms with E-state index in [-0.39, 0.29) is 46.2 Å². The number of allylic oxidation sites excluding steroid dienone is 2. The lowest BCUT2D eigenvalue weighted by molar-refractivity contribution is -0.172. The Labute approximate surface area is 235 Å². The Morgan fingerprint density at radius 2 is 1.79 bits per heavy atom. The molecule has 0 aromatic carbocycles. The second kappa shape index (κ2) is 8.90. The van der Waals surface area contributed by atoms with Crippen LogP contribution in [0.5, 0.6) is 0 Å². The fourth-order valence-corrected chi connectivity index (χ4v) is 10.5. The highest BCUT2D eigenvalue weighted by molar-refractivity contribution is 5.99. The van der Waals surface area contributed by atoms with Crippen LogP contribution in [0.3, 0.4) is 0 Å². The molecule has 4 aliphatic carbocycles. The predicted octanol–water partition coefficient (Wildman–Crippen LogP) is 6.59. The molecular formula is C33H50O6. The fourth-order valence-electron chi connectivity index (χ4n) is 10.5. The maximum Gasteiger partial charge on any atom is 0.314 e.